The van der Waals surface area contributed by atoms with Crippen LogP contribution in [0, 0.1) is 0 Å². The maximum Gasteiger partial charge on any atom is 0.326 e. The van der Waals surface area contributed by atoms with Crippen LogP contribution in [0.2, 0.25) is 0 Å². The smallest absolute Gasteiger partial charge is 0.304 e. The molecule has 1 saturated carbocycles. The molecule has 7 heteroatoms. The predicted molar refractivity (Wildman–Crippen MR) is 97.7 cm³/mol. The minimum Gasteiger partial charge on any atom is -0.304 e. The molecule has 25 heavy (non-hydrogen) atoms. The van der Waals surface area contributed by atoms with Crippen LogP contribution in [0.1, 0.15) is 45.6 Å². The third kappa shape index (κ3) is 2.83. The number of aromatic amines is 1. The highest BCUT2D eigenvalue weighted by Crippen LogP contribution is 2.36. The van der Waals surface area contributed by atoms with Crippen molar-refractivity contribution in [3.8, 4) is 0 Å². The van der Waals surface area contributed by atoms with Gasteiger partial charge in [0.1, 0.15) is 0 Å². The Morgan fingerprint density at radius 1 is 1.20 bits per heavy atom. The van der Waals surface area contributed by atoms with E-state index in [1.165, 1.54) is 0 Å². The first-order valence-electron chi connectivity index (χ1n) is 9.11. The topological polar surface area (TPSA) is 75.2 Å². The predicted octanol–water partition coefficient (Wildman–Crippen LogP) is 2.31. The highest BCUT2D eigenvalue weighted by molar-refractivity contribution is 7.92. The lowest BCUT2D eigenvalue weighted by Gasteiger charge is -2.35. The van der Waals surface area contributed by atoms with E-state index in [0.29, 0.717) is 17.1 Å². The molecule has 2 fully saturated rings. The van der Waals surface area contributed by atoms with Crippen molar-refractivity contribution in [3.63, 3.8) is 0 Å². The Kier molecular flexibility index (Phi) is 4.03. The van der Waals surface area contributed by atoms with Crippen LogP contribution in [0.5, 0.6) is 0 Å². The van der Waals surface area contributed by atoms with Crippen LogP contribution >= 0.6 is 0 Å². The van der Waals surface area contributed by atoms with Gasteiger partial charge in [-0.2, -0.15) is 0 Å². The van der Waals surface area contributed by atoms with Gasteiger partial charge in [0, 0.05) is 12.6 Å². The number of sulfone groups is 1. The van der Waals surface area contributed by atoms with Crippen LogP contribution in [0.3, 0.4) is 0 Å². The highest BCUT2D eigenvalue weighted by Gasteiger charge is 2.38. The number of H-pyrrole nitrogens is 1. The molecule has 1 N–H and O–H groups in total. The number of fused-ring (bicyclic) bond motifs is 1. The van der Waals surface area contributed by atoms with Crippen LogP contribution in [0.25, 0.3) is 11.0 Å². The molecule has 0 bridgehead atoms. The van der Waals surface area contributed by atoms with Crippen molar-refractivity contribution in [2.75, 3.05) is 13.1 Å². The first-order valence-corrected chi connectivity index (χ1v) is 10.7. The number of hydrogen-bond acceptors (Lipinski definition) is 4. The maximum absolute atomic E-state index is 12.7. The minimum absolute atomic E-state index is 0.0799. The summed E-state index contributed by atoms with van der Waals surface area (Å²) in [5.74, 6) is 0. The van der Waals surface area contributed by atoms with E-state index in [9.17, 15) is 13.2 Å². The highest BCUT2D eigenvalue weighted by atomic mass is 32.2. The van der Waals surface area contributed by atoms with E-state index in [4.69, 9.17) is 0 Å². The summed E-state index contributed by atoms with van der Waals surface area (Å²) in [5, 5.41) is -0.281. The zero-order valence-electron chi connectivity index (χ0n) is 14.7. The summed E-state index contributed by atoms with van der Waals surface area (Å²) in [6.45, 7) is 6.21. The normalized spacial score (nSPS) is 22.8. The second-order valence-electron chi connectivity index (χ2n) is 7.58. The van der Waals surface area contributed by atoms with E-state index in [0.717, 1.165) is 38.8 Å². The number of nitrogens with zero attached hydrogens (tertiary/aromatic N) is 2. The number of nitrogens with one attached hydrogen (secondary N) is 1. The van der Waals surface area contributed by atoms with E-state index in [2.05, 4.69) is 23.7 Å². The van der Waals surface area contributed by atoms with Crippen LogP contribution in [-0.4, -0.2) is 47.3 Å². The van der Waals surface area contributed by atoms with Gasteiger partial charge in [-0.1, -0.05) is 6.07 Å². The standard InChI is InChI=1S/C18H25N3O3S/c1-12(2)20-10-4-5-13(11-20)21-15-6-3-7-16(17(15)19-18(21)22)25(23,24)14-8-9-14/h3,6-7,12-14H,4-5,8-11H2,1-2H3,(H,19,22). The molecule has 6 nitrogen and oxygen atoms in total. The van der Waals surface area contributed by atoms with Gasteiger partial charge < -0.3 is 4.98 Å². The summed E-state index contributed by atoms with van der Waals surface area (Å²) < 4.78 is 27.2. The zero-order valence-corrected chi connectivity index (χ0v) is 15.6. The van der Waals surface area contributed by atoms with Crippen molar-refractivity contribution in [1.82, 2.24) is 14.5 Å². The summed E-state index contributed by atoms with van der Waals surface area (Å²) in [7, 11) is -3.34. The van der Waals surface area contributed by atoms with Gasteiger partial charge in [-0.25, -0.2) is 13.2 Å². The van der Waals surface area contributed by atoms with Gasteiger partial charge in [0.15, 0.2) is 9.84 Å². The molecule has 1 atom stereocenters. The molecular formula is C18H25N3O3S. The van der Waals surface area contributed by atoms with E-state index < -0.39 is 9.84 Å². The summed E-state index contributed by atoms with van der Waals surface area (Å²) in [4.78, 5) is 18.2. The number of likely N-dealkylation sites (tertiary alicyclic amines) is 1. The van der Waals surface area contributed by atoms with Crippen molar-refractivity contribution >= 4 is 20.9 Å². The van der Waals surface area contributed by atoms with Crippen LogP contribution in [0.15, 0.2) is 27.9 Å². The summed E-state index contributed by atoms with van der Waals surface area (Å²) in [6, 6.07) is 5.75. The number of hydrogen-bond donors (Lipinski definition) is 1. The Hall–Kier alpha value is -1.60. The van der Waals surface area contributed by atoms with Crippen molar-refractivity contribution in [1.29, 1.82) is 0 Å². The molecule has 1 aliphatic carbocycles. The molecule has 2 aliphatic rings. The molecule has 0 amide bonds. The molecule has 1 aromatic heterocycles. The van der Waals surface area contributed by atoms with Gasteiger partial charge in [-0.05, 0) is 58.2 Å². The van der Waals surface area contributed by atoms with Crippen molar-refractivity contribution in [3.05, 3.63) is 28.7 Å². The van der Waals surface area contributed by atoms with Gasteiger partial charge in [0.2, 0.25) is 0 Å². The summed E-state index contributed by atoms with van der Waals surface area (Å²) in [5.41, 5.74) is 0.979. The number of piperidine rings is 1. The van der Waals surface area contributed by atoms with Gasteiger partial charge in [-0.15, -0.1) is 0 Å². The SMILES string of the molecule is CC(C)N1CCCC(n2c(=O)[nH]c3c(S(=O)(=O)C4CC4)cccc32)C1. The minimum atomic E-state index is -3.34. The molecule has 2 heterocycles. The molecule has 136 valence electrons. The molecule has 1 unspecified atom stereocenters. The molecule has 4 rings (SSSR count). The van der Waals surface area contributed by atoms with E-state index >= 15 is 0 Å². The Labute approximate surface area is 147 Å². The zero-order chi connectivity index (χ0) is 17.8. The molecule has 1 aliphatic heterocycles. The lowest BCUT2D eigenvalue weighted by Crippen LogP contribution is -2.42. The Morgan fingerprint density at radius 3 is 2.64 bits per heavy atom. The Balaban J connectivity index is 1.81. The largest absolute Gasteiger partial charge is 0.326 e. The lowest BCUT2D eigenvalue weighted by molar-refractivity contribution is 0.143. The second kappa shape index (κ2) is 5.99. The third-order valence-electron chi connectivity index (χ3n) is 5.51. The lowest BCUT2D eigenvalue weighted by atomic mass is 10.0. The van der Waals surface area contributed by atoms with Gasteiger partial charge >= 0.3 is 5.69 Å². The second-order valence-corrected chi connectivity index (χ2v) is 9.78. The molecule has 2 aromatic rings. The Bertz CT molecular complexity index is 954. The number of benzene rings is 1. The van der Waals surface area contributed by atoms with Crippen LogP contribution in [0.4, 0.5) is 0 Å². The molecule has 0 radical (unpaired) electrons. The number of imidazole rings is 1. The summed E-state index contributed by atoms with van der Waals surface area (Å²) >= 11 is 0. The fraction of sp³-hybridized carbons (Fsp3) is 0.611. The van der Waals surface area contributed by atoms with Gasteiger partial charge in [0.05, 0.1) is 27.2 Å². The third-order valence-corrected chi connectivity index (χ3v) is 7.81. The van der Waals surface area contributed by atoms with E-state index in [1.54, 1.807) is 16.7 Å². The van der Waals surface area contributed by atoms with E-state index in [1.807, 2.05) is 6.07 Å². The molecule has 1 saturated heterocycles. The number of rotatable bonds is 4. The van der Waals surface area contributed by atoms with E-state index in [-0.39, 0.29) is 21.9 Å². The molecule has 1 aromatic carbocycles. The monoisotopic (exact) mass is 363 g/mol. The number of para-hydroxylation sites is 1. The van der Waals surface area contributed by atoms with Crippen LogP contribution in [-0.2, 0) is 9.84 Å². The fourth-order valence-corrected chi connectivity index (χ4v) is 5.77. The number of aromatic nitrogens is 2. The van der Waals surface area contributed by atoms with Crippen LogP contribution < -0.4 is 5.69 Å². The average Bonchev–Trinajstić information content (AvgIpc) is 3.37. The maximum atomic E-state index is 12.7. The van der Waals surface area contributed by atoms with Crippen molar-refractivity contribution in [2.45, 2.75) is 61.8 Å². The molecular weight excluding hydrogens is 338 g/mol. The average molecular weight is 363 g/mol. The fourth-order valence-electron chi connectivity index (χ4n) is 3.94. The summed E-state index contributed by atoms with van der Waals surface area (Å²) in [6.07, 6.45) is 3.42. The quantitative estimate of drug-likeness (QED) is 0.904. The van der Waals surface area contributed by atoms with Crippen molar-refractivity contribution < 1.29 is 8.42 Å². The Morgan fingerprint density at radius 2 is 1.96 bits per heavy atom. The first kappa shape index (κ1) is 16.8. The first-order chi connectivity index (χ1) is 11.9. The van der Waals surface area contributed by atoms with Crippen molar-refractivity contribution in [2.24, 2.45) is 0 Å². The van der Waals surface area contributed by atoms with Gasteiger partial charge in [0.25, 0.3) is 0 Å². The van der Waals surface area contributed by atoms with Gasteiger partial charge in [-0.3, -0.25) is 9.47 Å². The molecule has 0 spiro atoms.